The molecule has 0 spiro atoms. The van der Waals surface area contributed by atoms with Gasteiger partial charge in [-0.15, -0.1) is 0 Å². The van der Waals surface area contributed by atoms with Crippen molar-refractivity contribution >= 4 is 17.7 Å². The molecule has 1 aliphatic rings. The monoisotopic (exact) mass is 340 g/mol. The normalized spacial score (nSPS) is 13.9. The van der Waals surface area contributed by atoms with E-state index < -0.39 is 0 Å². The van der Waals surface area contributed by atoms with Crippen molar-refractivity contribution in [1.29, 1.82) is 0 Å². The Balaban J connectivity index is 1.89. The topological polar surface area (TPSA) is 32.8 Å². The molecule has 2 rings (SSSR count). The van der Waals surface area contributed by atoms with E-state index in [9.17, 15) is 4.79 Å². The van der Waals surface area contributed by atoms with Crippen LogP contribution in [0.4, 0.5) is 5.69 Å². The predicted octanol–water partition coefficient (Wildman–Crippen LogP) is 3.86. The molecule has 4 heteroatoms. The van der Waals surface area contributed by atoms with Gasteiger partial charge < -0.3 is 14.5 Å². The first kappa shape index (κ1) is 18.8. The van der Waals surface area contributed by atoms with E-state index in [0.29, 0.717) is 13.2 Å². The van der Waals surface area contributed by atoms with Crippen LogP contribution >= 0.6 is 0 Å². The van der Waals surface area contributed by atoms with E-state index in [-0.39, 0.29) is 5.97 Å². The van der Waals surface area contributed by atoms with Gasteiger partial charge in [0.15, 0.2) is 0 Å². The highest BCUT2D eigenvalue weighted by Gasteiger charge is 2.09. The minimum absolute atomic E-state index is 0.187. The Labute approximate surface area is 151 Å². The molecular weight excluding hydrogens is 312 g/mol. The van der Waals surface area contributed by atoms with Gasteiger partial charge in [0.25, 0.3) is 0 Å². The van der Waals surface area contributed by atoms with Gasteiger partial charge in [0.1, 0.15) is 6.54 Å². The summed E-state index contributed by atoms with van der Waals surface area (Å²) in [6, 6.07) is 8.62. The lowest BCUT2D eigenvalue weighted by Gasteiger charge is -2.21. The molecule has 0 aromatic heterocycles. The van der Waals surface area contributed by atoms with E-state index in [4.69, 9.17) is 4.74 Å². The molecule has 1 aromatic carbocycles. The van der Waals surface area contributed by atoms with Crippen molar-refractivity contribution in [3.05, 3.63) is 59.8 Å². The van der Waals surface area contributed by atoms with Crippen molar-refractivity contribution < 1.29 is 9.53 Å². The number of allylic oxidation sites excluding steroid dienone is 3. The van der Waals surface area contributed by atoms with Gasteiger partial charge in [-0.2, -0.15) is 0 Å². The predicted molar refractivity (Wildman–Crippen MR) is 104 cm³/mol. The van der Waals surface area contributed by atoms with E-state index >= 15 is 0 Å². The average Bonchev–Trinajstić information content (AvgIpc) is 2.63. The Hall–Kier alpha value is -2.49. The number of ether oxygens (including phenoxy) is 1. The van der Waals surface area contributed by atoms with Crippen molar-refractivity contribution in [2.24, 2.45) is 0 Å². The van der Waals surface area contributed by atoms with Crippen LogP contribution in [0, 0.1) is 0 Å². The minimum Gasteiger partial charge on any atom is -0.465 e. The number of rotatable bonds is 8. The molecule has 1 aromatic rings. The van der Waals surface area contributed by atoms with Gasteiger partial charge in [-0.1, -0.05) is 30.4 Å². The molecular formula is C21H28N2O2. The van der Waals surface area contributed by atoms with Gasteiger partial charge in [-0.25, -0.2) is 0 Å². The van der Waals surface area contributed by atoms with Crippen LogP contribution < -0.4 is 4.90 Å². The third-order valence-corrected chi connectivity index (χ3v) is 4.17. The molecule has 0 bridgehead atoms. The average molecular weight is 340 g/mol. The Morgan fingerprint density at radius 1 is 1.16 bits per heavy atom. The van der Waals surface area contributed by atoms with E-state index in [1.54, 1.807) is 0 Å². The summed E-state index contributed by atoms with van der Waals surface area (Å²) in [5, 5.41) is 0. The highest BCUT2D eigenvalue weighted by Crippen LogP contribution is 2.17. The number of benzene rings is 1. The maximum Gasteiger partial charge on any atom is 0.325 e. The molecule has 134 valence electrons. The molecule has 1 heterocycles. The summed E-state index contributed by atoms with van der Waals surface area (Å²) in [6.45, 7) is 9.64. The third-order valence-electron chi connectivity index (χ3n) is 4.17. The first-order chi connectivity index (χ1) is 12.2. The summed E-state index contributed by atoms with van der Waals surface area (Å²) >= 11 is 0. The van der Waals surface area contributed by atoms with Gasteiger partial charge in [-0.3, -0.25) is 4.79 Å². The van der Waals surface area contributed by atoms with Crippen molar-refractivity contribution in [3.63, 3.8) is 0 Å². The Morgan fingerprint density at radius 2 is 1.88 bits per heavy atom. The fourth-order valence-corrected chi connectivity index (χ4v) is 2.73. The van der Waals surface area contributed by atoms with E-state index in [1.807, 2.05) is 24.1 Å². The van der Waals surface area contributed by atoms with Crippen LogP contribution in [0.5, 0.6) is 0 Å². The van der Waals surface area contributed by atoms with Crippen molar-refractivity contribution in [2.45, 2.75) is 20.8 Å². The Bertz CT molecular complexity index is 640. The summed E-state index contributed by atoms with van der Waals surface area (Å²) in [5.41, 5.74) is 3.58. The van der Waals surface area contributed by atoms with Gasteiger partial charge >= 0.3 is 5.97 Å². The summed E-state index contributed by atoms with van der Waals surface area (Å²) in [6.07, 6.45) is 10.3. The zero-order valence-corrected chi connectivity index (χ0v) is 15.4. The molecule has 0 N–H and O–H groups in total. The minimum atomic E-state index is -0.187. The van der Waals surface area contributed by atoms with Crippen LogP contribution in [0.25, 0.3) is 6.08 Å². The third kappa shape index (κ3) is 5.82. The van der Waals surface area contributed by atoms with Gasteiger partial charge in [-0.05, 0) is 50.1 Å². The van der Waals surface area contributed by atoms with Crippen LogP contribution in [0.2, 0.25) is 0 Å². The lowest BCUT2D eigenvalue weighted by Crippen LogP contribution is -2.28. The standard InChI is InChI=1S/C21H28N2O2/c1-4-23(5-2)20-11-9-18(10-12-20)7-8-19-13-15-22(16-14-19)17-21(24)25-6-3/h7-15H,4-6,16-17H2,1-3H3/b8-7+. The second kappa shape index (κ2) is 9.72. The molecule has 0 amide bonds. The van der Waals surface area contributed by atoms with E-state index in [2.05, 4.69) is 61.2 Å². The van der Waals surface area contributed by atoms with E-state index in [1.165, 1.54) is 11.3 Å². The quantitative estimate of drug-likeness (QED) is 0.673. The highest BCUT2D eigenvalue weighted by atomic mass is 16.5. The van der Waals surface area contributed by atoms with Crippen LogP contribution in [-0.2, 0) is 9.53 Å². The molecule has 0 atom stereocenters. The lowest BCUT2D eigenvalue weighted by molar-refractivity contribution is -0.143. The number of hydrogen-bond acceptors (Lipinski definition) is 4. The first-order valence-corrected chi connectivity index (χ1v) is 8.97. The largest absolute Gasteiger partial charge is 0.465 e. The van der Waals surface area contributed by atoms with Gasteiger partial charge in [0.2, 0.25) is 0 Å². The fraction of sp³-hybridized carbons (Fsp3) is 0.381. The second-order valence-corrected chi connectivity index (χ2v) is 5.85. The molecule has 25 heavy (non-hydrogen) atoms. The van der Waals surface area contributed by atoms with Crippen LogP contribution in [0.15, 0.2) is 54.3 Å². The van der Waals surface area contributed by atoms with Crippen LogP contribution in [-0.4, -0.2) is 43.7 Å². The fourth-order valence-electron chi connectivity index (χ4n) is 2.73. The summed E-state index contributed by atoms with van der Waals surface area (Å²) in [7, 11) is 0. The maximum absolute atomic E-state index is 11.5. The lowest BCUT2D eigenvalue weighted by atomic mass is 10.1. The summed E-state index contributed by atoms with van der Waals surface area (Å²) in [5.74, 6) is -0.187. The number of esters is 1. The van der Waals surface area contributed by atoms with Crippen LogP contribution in [0.3, 0.4) is 0 Å². The van der Waals surface area contributed by atoms with Gasteiger partial charge in [0, 0.05) is 31.5 Å². The first-order valence-electron chi connectivity index (χ1n) is 8.97. The van der Waals surface area contributed by atoms with Gasteiger partial charge in [0.05, 0.1) is 6.61 Å². The van der Waals surface area contributed by atoms with Crippen LogP contribution in [0.1, 0.15) is 26.3 Å². The molecule has 0 unspecified atom stereocenters. The molecule has 4 nitrogen and oxygen atoms in total. The van der Waals surface area contributed by atoms with E-state index in [0.717, 1.165) is 25.2 Å². The van der Waals surface area contributed by atoms with Crippen molar-refractivity contribution in [1.82, 2.24) is 4.90 Å². The smallest absolute Gasteiger partial charge is 0.325 e. The second-order valence-electron chi connectivity index (χ2n) is 5.85. The summed E-state index contributed by atoms with van der Waals surface area (Å²) < 4.78 is 4.97. The molecule has 0 radical (unpaired) electrons. The number of carbonyl (C=O) groups excluding carboxylic acids is 1. The molecule has 0 saturated carbocycles. The summed E-state index contributed by atoms with van der Waals surface area (Å²) in [4.78, 5) is 15.8. The zero-order valence-electron chi connectivity index (χ0n) is 15.4. The molecule has 0 fully saturated rings. The molecule has 1 aliphatic heterocycles. The number of carbonyl (C=O) groups is 1. The molecule has 0 aliphatic carbocycles. The number of anilines is 1. The van der Waals surface area contributed by atoms with Crippen molar-refractivity contribution in [3.8, 4) is 0 Å². The molecule has 0 saturated heterocycles. The maximum atomic E-state index is 11.5. The van der Waals surface area contributed by atoms with Crippen molar-refractivity contribution in [2.75, 3.05) is 37.7 Å². The SMILES string of the molecule is CCOC(=O)CN1C=CC(/C=C/c2ccc(N(CC)CC)cc2)=CC1. The number of nitrogens with zero attached hydrogens (tertiary/aromatic N) is 2. The Kier molecular flexibility index (Phi) is 7.33. The Morgan fingerprint density at radius 3 is 2.44 bits per heavy atom. The number of hydrogen-bond donors (Lipinski definition) is 0. The zero-order chi connectivity index (χ0) is 18.1. The highest BCUT2D eigenvalue weighted by molar-refractivity contribution is 5.72.